The molecule has 3 rings (SSSR count). The zero-order chi connectivity index (χ0) is 20.8. The molecule has 0 aliphatic rings. The number of thioether (sulfide) groups is 1. The second-order valence-electron chi connectivity index (χ2n) is 6.47. The van der Waals surface area contributed by atoms with E-state index in [1.165, 1.54) is 11.8 Å². The predicted octanol–water partition coefficient (Wildman–Crippen LogP) is 3.74. The highest BCUT2D eigenvalue weighted by atomic mass is 35.5. The Morgan fingerprint density at radius 2 is 1.79 bits per heavy atom. The number of nitrogens with zero attached hydrogens (tertiary/aromatic N) is 2. The molecule has 3 N–H and O–H groups in total. The van der Waals surface area contributed by atoms with Crippen LogP contribution in [0.5, 0.6) is 0 Å². The first-order valence-electron chi connectivity index (χ1n) is 8.85. The molecule has 29 heavy (non-hydrogen) atoms. The molecule has 0 bridgehead atoms. The van der Waals surface area contributed by atoms with Crippen molar-refractivity contribution in [2.24, 2.45) is 0 Å². The van der Waals surface area contributed by atoms with Gasteiger partial charge in [0.1, 0.15) is 5.82 Å². The van der Waals surface area contributed by atoms with Crippen molar-refractivity contribution in [1.82, 2.24) is 20.5 Å². The molecule has 1 heterocycles. The number of aromatic nitrogens is 3. The second kappa shape index (κ2) is 9.58. The number of benzene rings is 2. The molecule has 0 saturated heterocycles. The summed E-state index contributed by atoms with van der Waals surface area (Å²) in [5, 5.41) is 13.5. The van der Waals surface area contributed by atoms with Gasteiger partial charge >= 0.3 is 0 Å². The molecule has 0 fully saturated rings. The van der Waals surface area contributed by atoms with Gasteiger partial charge in [-0.1, -0.05) is 29.4 Å². The Balaban J connectivity index is 1.46. The molecular formula is C20H20ClN5O2S. The van der Waals surface area contributed by atoms with Crippen LogP contribution in [-0.4, -0.2) is 32.7 Å². The van der Waals surface area contributed by atoms with E-state index in [9.17, 15) is 9.59 Å². The maximum absolute atomic E-state index is 12.1. The predicted molar refractivity (Wildman–Crippen MR) is 114 cm³/mol. The van der Waals surface area contributed by atoms with Gasteiger partial charge in [-0.2, -0.15) is 0 Å². The summed E-state index contributed by atoms with van der Waals surface area (Å²) in [4.78, 5) is 28.5. The van der Waals surface area contributed by atoms with E-state index in [1.807, 2.05) is 32.0 Å². The quantitative estimate of drug-likeness (QED) is 0.497. The highest BCUT2D eigenvalue weighted by Crippen LogP contribution is 2.16. The van der Waals surface area contributed by atoms with E-state index in [1.54, 1.807) is 24.3 Å². The van der Waals surface area contributed by atoms with E-state index >= 15 is 0 Å². The average Bonchev–Trinajstić information content (AvgIpc) is 3.12. The Morgan fingerprint density at radius 1 is 1.10 bits per heavy atom. The van der Waals surface area contributed by atoms with E-state index < -0.39 is 0 Å². The first-order chi connectivity index (χ1) is 13.9. The third-order valence-corrected chi connectivity index (χ3v) is 4.97. The lowest BCUT2D eigenvalue weighted by Crippen LogP contribution is -2.23. The van der Waals surface area contributed by atoms with Gasteiger partial charge in [0, 0.05) is 16.3 Å². The van der Waals surface area contributed by atoms with Crippen molar-refractivity contribution in [2.45, 2.75) is 25.5 Å². The molecule has 0 unspecified atom stereocenters. The summed E-state index contributed by atoms with van der Waals surface area (Å²) in [7, 11) is 0. The minimum atomic E-state index is -0.236. The number of anilines is 1. The van der Waals surface area contributed by atoms with Crippen molar-refractivity contribution in [2.75, 3.05) is 11.1 Å². The van der Waals surface area contributed by atoms with Crippen LogP contribution in [0.3, 0.4) is 0 Å². The topological polar surface area (TPSA) is 99.8 Å². The zero-order valence-electron chi connectivity index (χ0n) is 16.0. The Labute approximate surface area is 177 Å². The zero-order valence-corrected chi connectivity index (χ0v) is 17.5. The van der Waals surface area contributed by atoms with Crippen molar-refractivity contribution in [1.29, 1.82) is 0 Å². The minimum Gasteiger partial charge on any atom is -0.345 e. The summed E-state index contributed by atoms with van der Waals surface area (Å²) in [5.74, 6) is 0.313. The summed E-state index contributed by atoms with van der Waals surface area (Å²) in [6, 6.07) is 12.5. The van der Waals surface area contributed by atoms with Gasteiger partial charge in [-0.25, -0.2) is 4.98 Å². The number of halogens is 1. The lowest BCUT2D eigenvalue weighted by atomic mass is 10.1. The largest absolute Gasteiger partial charge is 0.345 e. The smallest absolute Gasteiger partial charge is 0.251 e. The maximum atomic E-state index is 12.1. The molecule has 0 saturated carbocycles. The fourth-order valence-electron chi connectivity index (χ4n) is 2.66. The van der Waals surface area contributed by atoms with Gasteiger partial charge in [0.2, 0.25) is 11.1 Å². The van der Waals surface area contributed by atoms with Crippen LogP contribution in [0.2, 0.25) is 5.02 Å². The fourth-order valence-corrected chi connectivity index (χ4v) is 3.41. The van der Waals surface area contributed by atoms with Gasteiger partial charge in [0.25, 0.3) is 5.91 Å². The number of aryl methyl sites for hydroxylation is 2. The van der Waals surface area contributed by atoms with Crippen LogP contribution >= 0.6 is 23.4 Å². The third kappa shape index (κ3) is 6.33. The van der Waals surface area contributed by atoms with Crippen LogP contribution in [0.25, 0.3) is 0 Å². The number of hydrogen-bond donors (Lipinski definition) is 3. The Hall–Kier alpha value is -2.84. The Bertz CT molecular complexity index is 1000. The normalized spacial score (nSPS) is 10.6. The molecule has 3 aromatic rings. The molecule has 0 radical (unpaired) electrons. The van der Waals surface area contributed by atoms with Gasteiger partial charge in [-0.05, 0) is 61.4 Å². The number of H-pyrrole nitrogens is 1. The van der Waals surface area contributed by atoms with E-state index in [-0.39, 0.29) is 24.1 Å². The first-order valence-corrected chi connectivity index (χ1v) is 10.2. The van der Waals surface area contributed by atoms with Crippen molar-refractivity contribution in [3.8, 4) is 0 Å². The number of rotatable bonds is 7. The van der Waals surface area contributed by atoms with Crippen molar-refractivity contribution < 1.29 is 9.59 Å². The number of nitrogens with one attached hydrogen (secondary N) is 3. The molecule has 150 valence electrons. The number of aromatic amines is 1. The van der Waals surface area contributed by atoms with Gasteiger partial charge < -0.3 is 10.6 Å². The molecule has 1 aromatic heterocycles. The average molecular weight is 430 g/mol. The van der Waals surface area contributed by atoms with Gasteiger partial charge in [-0.3, -0.25) is 14.7 Å². The van der Waals surface area contributed by atoms with Crippen LogP contribution < -0.4 is 10.6 Å². The molecule has 9 heteroatoms. The number of carbonyl (C=O) groups excluding carboxylic acids is 2. The number of hydrogen-bond acceptors (Lipinski definition) is 5. The van der Waals surface area contributed by atoms with E-state index in [2.05, 4.69) is 25.8 Å². The molecule has 0 aliphatic heterocycles. The lowest BCUT2D eigenvalue weighted by molar-refractivity contribution is -0.113. The standard InChI is InChI=1S/C20H20ClN5O2S/c1-12-7-13(2)9-16(8-12)23-18(27)11-29-20-24-17(25-26-20)10-22-19(28)14-3-5-15(21)6-4-14/h3-9H,10-11H2,1-2H3,(H,22,28)(H,23,27)(H,24,25,26). The summed E-state index contributed by atoms with van der Waals surface area (Å²) >= 11 is 7.03. The highest BCUT2D eigenvalue weighted by molar-refractivity contribution is 7.99. The molecule has 0 atom stereocenters. The van der Waals surface area contributed by atoms with Crippen molar-refractivity contribution >= 4 is 40.9 Å². The van der Waals surface area contributed by atoms with E-state index in [4.69, 9.17) is 11.6 Å². The van der Waals surface area contributed by atoms with E-state index in [0.29, 0.717) is 21.6 Å². The summed E-state index contributed by atoms with van der Waals surface area (Å²) < 4.78 is 0. The van der Waals surface area contributed by atoms with Crippen LogP contribution in [0, 0.1) is 13.8 Å². The molecule has 0 spiro atoms. The van der Waals surface area contributed by atoms with Crippen molar-refractivity contribution in [3.63, 3.8) is 0 Å². The number of amides is 2. The molecule has 7 nitrogen and oxygen atoms in total. The van der Waals surface area contributed by atoms with Gasteiger partial charge in [-0.15, -0.1) is 5.10 Å². The van der Waals surface area contributed by atoms with Crippen molar-refractivity contribution in [3.05, 3.63) is 70.0 Å². The fraction of sp³-hybridized carbons (Fsp3) is 0.200. The monoisotopic (exact) mass is 429 g/mol. The Morgan fingerprint density at radius 3 is 2.48 bits per heavy atom. The van der Waals surface area contributed by atoms with E-state index in [0.717, 1.165) is 16.8 Å². The summed E-state index contributed by atoms with van der Waals surface area (Å²) in [6.45, 7) is 4.17. The molecular weight excluding hydrogens is 410 g/mol. The van der Waals surface area contributed by atoms with Crippen LogP contribution in [0.15, 0.2) is 47.6 Å². The first kappa shape index (κ1) is 20.9. The molecule has 2 amide bonds. The van der Waals surface area contributed by atoms with Gasteiger partial charge in [0.15, 0.2) is 0 Å². The second-order valence-corrected chi connectivity index (χ2v) is 7.85. The van der Waals surface area contributed by atoms with Crippen LogP contribution in [-0.2, 0) is 11.3 Å². The molecule has 2 aromatic carbocycles. The third-order valence-electron chi connectivity index (χ3n) is 3.87. The minimum absolute atomic E-state index is 0.137. The summed E-state index contributed by atoms with van der Waals surface area (Å²) in [5.41, 5.74) is 3.46. The summed E-state index contributed by atoms with van der Waals surface area (Å²) in [6.07, 6.45) is 0. The van der Waals surface area contributed by atoms with Crippen LogP contribution in [0.4, 0.5) is 5.69 Å². The SMILES string of the molecule is Cc1cc(C)cc(NC(=O)CSc2n[nH]c(CNC(=O)c3ccc(Cl)cc3)n2)c1. The highest BCUT2D eigenvalue weighted by Gasteiger charge is 2.10. The maximum Gasteiger partial charge on any atom is 0.251 e. The van der Waals surface area contributed by atoms with Crippen LogP contribution in [0.1, 0.15) is 27.3 Å². The number of carbonyl (C=O) groups is 2. The lowest BCUT2D eigenvalue weighted by Gasteiger charge is -2.06. The Kier molecular flexibility index (Phi) is 6.90. The molecule has 0 aliphatic carbocycles. The van der Waals surface area contributed by atoms with Gasteiger partial charge in [0.05, 0.1) is 12.3 Å².